The number of aromatic nitrogens is 1. The number of anilines is 1. The first-order chi connectivity index (χ1) is 9.43. The first kappa shape index (κ1) is 14.7. The number of carbonyl (C=O) groups is 1. The molecule has 0 bridgehead atoms. The molecule has 4 N–H and O–H groups in total. The highest BCUT2D eigenvalue weighted by Gasteiger charge is 2.43. The number of ether oxygens (including phenoxy) is 1. The smallest absolute Gasteiger partial charge is 0.254 e. The summed E-state index contributed by atoms with van der Waals surface area (Å²) in [5, 5.41) is 30.9. The minimum atomic E-state index is -1.32. The number of aliphatic hydroxyl groups is 3. The third-order valence-corrected chi connectivity index (χ3v) is 3.06. The van der Waals surface area contributed by atoms with E-state index in [0.717, 1.165) is 4.57 Å². The van der Waals surface area contributed by atoms with Crippen molar-refractivity contribution in [3.63, 3.8) is 0 Å². The summed E-state index contributed by atoms with van der Waals surface area (Å²) in [6, 6.07) is 2.65. The van der Waals surface area contributed by atoms with Crippen molar-refractivity contribution in [3.05, 3.63) is 28.7 Å². The Morgan fingerprint density at radius 1 is 1.45 bits per heavy atom. The normalized spacial score (nSPS) is 29.4. The number of nitrogens with one attached hydrogen (secondary N) is 1. The van der Waals surface area contributed by atoms with Crippen LogP contribution in [-0.2, 0) is 9.53 Å². The van der Waals surface area contributed by atoms with Crippen molar-refractivity contribution in [2.45, 2.75) is 31.5 Å². The van der Waals surface area contributed by atoms with Crippen LogP contribution in [0.5, 0.6) is 0 Å². The predicted octanol–water partition coefficient (Wildman–Crippen LogP) is -1.58. The molecular formula is C12H16N2O6. The zero-order valence-corrected chi connectivity index (χ0v) is 10.8. The van der Waals surface area contributed by atoms with Gasteiger partial charge in [-0.15, -0.1) is 0 Å². The van der Waals surface area contributed by atoms with Crippen molar-refractivity contribution in [2.75, 3.05) is 11.9 Å². The van der Waals surface area contributed by atoms with E-state index in [2.05, 4.69) is 5.32 Å². The Bertz CT molecular complexity index is 557. The lowest BCUT2D eigenvalue weighted by molar-refractivity contribution is -0.114. The van der Waals surface area contributed by atoms with Gasteiger partial charge in [-0.25, -0.2) is 0 Å². The second kappa shape index (κ2) is 5.71. The molecule has 110 valence electrons. The quantitative estimate of drug-likeness (QED) is 0.531. The van der Waals surface area contributed by atoms with Crippen molar-refractivity contribution >= 4 is 11.6 Å². The van der Waals surface area contributed by atoms with Gasteiger partial charge >= 0.3 is 0 Å². The number of aliphatic hydroxyl groups excluding tert-OH is 3. The van der Waals surface area contributed by atoms with Gasteiger partial charge in [0.25, 0.3) is 5.56 Å². The molecule has 1 aromatic heterocycles. The first-order valence-electron chi connectivity index (χ1n) is 6.06. The Morgan fingerprint density at radius 3 is 2.65 bits per heavy atom. The molecule has 1 aliphatic rings. The van der Waals surface area contributed by atoms with Gasteiger partial charge in [0.1, 0.15) is 18.3 Å². The highest BCUT2D eigenvalue weighted by molar-refractivity contribution is 5.88. The lowest BCUT2D eigenvalue weighted by atomic mass is 10.1. The van der Waals surface area contributed by atoms with Gasteiger partial charge in [0.2, 0.25) is 5.91 Å². The van der Waals surface area contributed by atoms with Gasteiger partial charge < -0.3 is 25.4 Å². The molecule has 2 heterocycles. The van der Waals surface area contributed by atoms with E-state index in [1.807, 2.05) is 0 Å². The summed E-state index contributed by atoms with van der Waals surface area (Å²) in [5.41, 5.74) is -0.184. The van der Waals surface area contributed by atoms with Crippen molar-refractivity contribution in [1.29, 1.82) is 0 Å². The average Bonchev–Trinajstić information content (AvgIpc) is 2.66. The average molecular weight is 284 g/mol. The fraction of sp³-hybridized carbons (Fsp3) is 0.500. The second-order valence-electron chi connectivity index (χ2n) is 4.57. The van der Waals surface area contributed by atoms with E-state index in [0.29, 0.717) is 5.69 Å². The molecule has 0 aliphatic carbocycles. The van der Waals surface area contributed by atoms with Gasteiger partial charge in [0.05, 0.1) is 6.61 Å². The van der Waals surface area contributed by atoms with Crippen LogP contribution in [0.15, 0.2) is 23.1 Å². The highest BCUT2D eigenvalue weighted by atomic mass is 16.6. The predicted molar refractivity (Wildman–Crippen MR) is 68.0 cm³/mol. The molecule has 0 saturated carbocycles. The fourth-order valence-corrected chi connectivity index (χ4v) is 2.09. The lowest BCUT2D eigenvalue weighted by Gasteiger charge is -2.17. The molecule has 2 rings (SSSR count). The largest absolute Gasteiger partial charge is 0.394 e. The maximum absolute atomic E-state index is 11.9. The Kier molecular flexibility index (Phi) is 4.19. The van der Waals surface area contributed by atoms with Gasteiger partial charge in [0, 0.05) is 24.9 Å². The van der Waals surface area contributed by atoms with Crippen LogP contribution in [0.3, 0.4) is 0 Å². The zero-order chi connectivity index (χ0) is 14.9. The second-order valence-corrected chi connectivity index (χ2v) is 4.57. The van der Waals surface area contributed by atoms with Gasteiger partial charge in [-0.1, -0.05) is 0 Å². The van der Waals surface area contributed by atoms with E-state index >= 15 is 0 Å². The monoisotopic (exact) mass is 284 g/mol. The standard InChI is InChI=1S/C12H16N2O6/c1-6(16)13-7-2-3-14(9(17)4-7)12-11(19)10(18)8(5-15)20-12/h2-4,8,10-12,15,18-19H,5H2,1H3,(H,13,16)/t8-,10-,11-,12-/m1/s1. The molecule has 1 aliphatic heterocycles. The summed E-state index contributed by atoms with van der Waals surface area (Å²) >= 11 is 0. The number of pyridine rings is 1. The SMILES string of the molecule is CC(=O)Nc1ccn([C@@H]2O[C@H](CO)[C@@H](O)[C@H]2O)c(=O)c1. The maximum Gasteiger partial charge on any atom is 0.254 e. The highest BCUT2D eigenvalue weighted by Crippen LogP contribution is 2.28. The van der Waals surface area contributed by atoms with Gasteiger partial charge in [0.15, 0.2) is 6.23 Å². The Labute approximate surface area is 114 Å². The number of nitrogens with zero attached hydrogens (tertiary/aromatic N) is 1. The van der Waals surface area contributed by atoms with E-state index in [4.69, 9.17) is 9.84 Å². The van der Waals surface area contributed by atoms with E-state index in [-0.39, 0.29) is 5.91 Å². The molecular weight excluding hydrogens is 268 g/mol. The molecule has 8 heteroatoms. The summed E-state index contributed by atoms with van der Waals surface area (Å²) in [6.45, 7) is 0.852. The van der Waals surface area contributed by atoms with E-state index < -0.39 is 36.7 Å². The van der Waals surface area contributed by atoms with Crippen LogP contribution < -0.4 is 10.9 Å². The van der Waals surface area contributed by atoms with Crippen LogP contribution in [0, 0.1) is 0 Å². The fourth-order valence-electron chi connectivity index (χ4n) is 2.09. The van der Waals surface area contributed by atoms with E-state index in [9.17, 15) is 19.8 Å². The van der Waals surface area contributed by atoms with Gasteiger partial charge in [-0.05, 0) is 6.07 Å². The molecule has 1 saturated heterocycles. The minimum absolute atomic E-state index is 0.310. The van der Waals surface area contributed by atoms with Crippen molar-refractivity contribution in [1.82, 2.24) is 4.57 Å². The van der Waals surface area contributed by atoms with Crippen molar-refractivity contribution < 1.29 is 24.9 Å². The molecule has 8 nitrogen and oxygen atoms in total. The number of amides is 1. The Morgan fingerprint density at radius 2 is 2.15 bits per heavy atom. The molecule has 4 atom stereocenters. The first-order valence-corrected chi connectivity index (χ1v) is 6.06. The Balaban J connectivity index is 2.26. The number of rotatable bonds is 3. The van der Waals surface area contributed by atoms with Gasteiger partial charge in [-0.3, -0.25) is 14.2 Å². The molecule has 1 aromatic rings. The molecule has 1 amide bonds. The third-order valence-electron chi connectivity index (χ3n) is 3.06. The molecule has 1 fully saturated rings. The number of carbonyl (C=O) groups excluding carboxylic acids is 1. The van der Waals surface area contributed by atoms with Crippen molar-refractivity contribution in [2.24, 2.45) is 0 Å². The van der Waals surface area contributed by atoms with Crippen LogP contribution in [0.2, 0.25) is 0 Å². The summed E-state index contributed by atoms with van der Waals surface area (Å²) in [7, 11) is 0. The summed E-state index contributed by atoms with van der Waals surface area (Å²) in [5.74, 6) is -0.310. The number of hydrogen-bond donors (Lipinski definition) is 4. The molecule has 0 unspecified atom stereocenters. The van der Waals surface area contributed by atoms with E-state index in [1.54, 1.807) is 0 Å². The van der Waals surface area contributed by atoms with Crippen LogP contribution in [0.4, 0.5) is 5.69 Å². The maximum atomic E-state index is 11.9. The van der Waals surface area contributed by atoms with E-state index in [1.165, 1.54) is 25.3 Å². The lowest BCUT2D eigenvalue weighted by Crippen LogP contribution is -2.35. The van der Waals surface area contributed by atoms with Crippen LogP contribution >= 0.6 is 0 Å². The molecule has 0 radical (unpaired) electrons. The van der Waals surface area contributed by atoms with Crippen molar-refractivity contribution in [3.8, 4) is 0 Å². The van der Waals surface area contributed by atoms with Gasteiger partial charge in [-0.2, -0.15) is 0 Å². The summed E-state index contributed by atoms with van der Waals surface area (Å²) < 4.78 is 6.34. The molecule has 20 heavy (non-hydrogen) atoms. The van der Waals surface area contributed by atoms with Crippen LogP contribution in [-0.4, -0.2) is 50.7 Å². The molecule has 0 aromatic carbocycles. The summed E-state index contributed by atoms with van der Waals surface area (Å²) in [4.78, 5) is 22.8. The van der Waals surface area contributed by atoms with Crippen LogP contribution in [0.1, 0.15) is 13.2 Å². The number of hydrogen-bond acceptors (Lipinski definition) is 6. The zero-order valence-electron chi connectivity index (χ0n) is 10.8. The minimum Gasteiger partial charge on any atom is -0.394 e. The topological polar surface area (TPSA) is 121 Å². The van der Waals surface area contributed by atoms with Crippen LogP contribution in [0.25, 0.3) is 0 Å². The molecule has 0 spiro atoms. The third kappa shape index (κ3) is 2.73. The summed E-state index contributed by atoms with van der Waals surface area (Å²) in [6.07, 6.45) is -3.28. The Hall–Kier alpha value is -1.74.